The van der Waals surface area contributed by atoms with Crippen molar-refractivity contribution in [2.45, 2.75) is 20.3 Å². The second-order valence-electron chi connectivity index (χ2n) is 4.28. The molecule has 0 aliphatic rings. The zero-order valence-corrected chi connectivity index (χ0v) is 12.7. The van der Waals surface area contributed by atoms with Gasteiger partial charge < -0.3 is 10.6 Å². The molecule has 0 saturated carbocycles. The third-order valence-corrected chi connectivity index (χ3v) is 3.04. The van der Waals surface area contributed by atoms with Gasteiger partial charge in [0.15, 0.2) is 0 Å². The number of benzene rings is 1. The molecule has 0 aliphatic carbocycles. The molecule has 0 bridgehead atoms. The van der Waals surface area contributed by atoms with E-state index in [1.165, 1.54) is 0 Å². The summed E-state index contributed by atoms with van der Waals surface area (Å²) in [6.45, 7) is 5.00. The smallest absolute Gasteiger partial charge is 0.229 e. The van der Waals surface area contributed by atoms with E-state index in [0.29, 0.717) is 5.95 Å². The van der Waals surface area contributed by atoms with Crippen LogP contribution in [-0.4, -0.2) is 16.5 Å². The van der Waals surface area contributed by atoms with Gasteiger partial charge in [0.05, 0.1) is 0 Å². The van der Waals surface area contributed by atoms with Crippen LogP contribution in [0.15, 0.2) is 34.8 Å². The molecule has 2 aromatic rings. The third kappa shape index (κ3) is 4.21. The molecule has 0 unspecified atom stereocenters. The molecule has 0 aliphatic heterocycles. The minimum absolute atomic E-state index is 0.612. The van der Waals surface area contributed by atoms with Crippen LogP contribution in [0.25, 0.3) is 0 Å². The maximum atomic E-state index is 4.44. The Morgan fingerprint density at radius 1 is 1.16 bits per heavy atom. The molecule has 1 aromatic carbocycles. The normalized spacial score (nSPS) is 10.3. The second kappa shape index (κ2) is 6.52. The molecule has 0 saturated heterocycles. The van der Waals surface area contributed by atoms with E-state index in [1.807, 2.05) is 37.3 Å². The Morgan fingerprint density at radius 2 is 1.89 bits per heavy atom. The largest absolute Gasteiger partial charge is 0.370 e. The Labute approximate surface area is 121 Å². The van der Waals surface area contributed by atoms with Gasteiger partial charge in [-0.15, -0.1) is 0 Å². The molecule has 2 rings (SSSR count). The van der Waals surface area contributed by atoms with Crippen LogP contribution in [0.1, 0.15) is 19.0 Å². The highest BCUT2D eigenvalue weighted by Gasteiger charge is 2.02. The van der Waals surface area contributed by atoms with Crippen molar-refractivity contribution in [3.8, 4) is 0 Å². The van der Waals surface area contributed by atoms with Crippen molar-refractivity contribution < 1.29 is 0 Å². The first-order valence-electron chi connectivity index (χ1n) is 6.29. The van der Waals surface area contributed by atoms with Gasteiger partial charge in [-0.2, -0.15) is 4.98 Å². The van der Waals surface area contributed by atoms with Crippen molar-refractivity contribution in [2.75, 3.05) is 17.2 Å². The average molecular weight is 321 g/mol. The van der Waals surface area contributed by atoms with Gasteiger partial charge in [-0.3, -0.25) is 0 Å². The summed E-state index contributed by atoms with van der Waals surface area (Å²) >= 11 is 3.41. The van der Waals surface area contributed by atoms with Crippen molar-refractivity contribution in [2.24, 2.45) is 0 Å². The molecule has 0 amide bonds. The van der Waals surface area contributed by atoms with Crippen LogP contribution < -0.4 is 10.6 Å². The molecule has 0 fully saturated rings. The summed E-state index contributed by atoms with van der Waals surface area (Å²) in [5.74, 6) is 1.47. The van der Waals surface area contributed by atoms with Crippen LogP contribution in [0.4, 0.5) is 17.5 Å². The summed E-state index contributed by atoms with van der Waals surface area (Å²) in [6.07, 6.45) is 1.07. The maximum absolute atomic E-state index is 4.44. The zero-order chi connectivity index (χ0) is 13.7. The summed E-state index contributed by atoms with van der Waals surface area (Å²) in [6, 6.07) is 9.87. The van der Waals surface area contributed by atoms with Gasteiger partial charge in [-0.25, -0.2) is 4.98 Å². The van der Waals surface area contributed by atoms with Gasteiger partial charge in [-0.1, -0.05) is 22.9 Å². The summed E-state index contributed by atoms with van der Waals surface area (Å²) in [5, 5.41) is 6.48. The first-order valence-corrected chi connectivity index (χ1v) is 7.09. The molecule has 2 N–H and O–H groups in total. The van der Waals surface area contributed by atoms with E-state index in [2.05, 4.69) is 43.5 Å². The number of hydrogen-bond donors (Lipinski definition) is 2. The zero-order valence-electron chi connectivity index (χ0n) is 11.1. The molecule has 0 radical (unpaired) electrons. The lowest BCUT2D eigenvalue weighted by atomic mass is 10.3. The quantitative estimate of drug-likeness (QED) is 0.870. The Hall–Kier alpha value is -1.62. The predicted molar refractivity (Wildman–Crippen MR) is 83.0 cm³/mol. The van der Waals surface area contributed by atoms with Gasteiger partial charge in [0.2, 0.25) is 5.95 Å². The molecule has 4 nitrogen and oxygen atoms in total. The van der Waals surface area contributed by atoms with E-state index in [0.717, 1.165) is 34.6 Å². The van der Waals surface area contributed by atoms with Crippen molar-refractivity contribution >= 4 is 33.4 Å². The number of nitrogens with zero attached hydrogens (tertiary/aromatic N) is 2. The van der Waals surface area contributed by atoms with E-state index < -0.39 is 0 Å². The number of aromatic nitrogens is 2. The summed E-state index contributed by atoms with van der Waals surface area (Å²) in [5.41, 5.74) is 1.91. The lowest BCUT2D eigenvalue weighted by molar-refractivity contribution is 0.962. The maximum Gasteiger partial charge on any atom is 0.229 e. The van der Waals surface area contributed by atoms with Crippen LogP contribution in [0, 0.1) is 6.92 Å². The van der Waals surface area contributed by atoms with Crippen LogP contribution in [0.3, 0.4) is 0 Å². The molecule has 1 aromatic heterocycles. The van der Waals surface area contributed by atoms with E-state index >= 15 is 0 Å². The van der Waals surface area contributed by atoms with Crippen molar-refractivity contribution in [3.63, 3.8) is 0 Å². The molecule has 5 heteroatoms. The van der Waals surface area contributed by atoms with Crippen LogP contribution in [0.5, 0.6) is 0 Å². The molecular weight excluding hydrogens is 304 g/mol. The second-order valence-corrected chi connectivity index (χ2v) is 5.19. The lowest BCUT2D eigenvalue weighted by Gasteiger charge is -2.09. The molecule has 1 heterocycles. The van der Waals surface area contributed by atoms with Crippen LogP contribution >= 0.6 is 15.9 Å². The van der Waals surface area contributed by atoms with Crippen LogP contribution in [-0.2, 0) is 0 Å². The highest BCUT2D eigenvalue weighted by Crippen LogP contribution is 2.18. The van der Waals surface area contributed by atoms with Gasteiger partial charge in [-0.05, 0) is 37.6 Å². The number of hydrogen-bond acceptors (Lipinski definition) is 4. The van der Waals surface area contributed by atoms with Gasteiger partial charge >= 0.3 is 0 Å². The van der Waals surface area contributed by atoms with E-state index in [-0.39, 0.29) is 0 Å². The summed E-state index contributed by atoms with van der Waals surface area (Å²) < 4.78 is 1.05. The van der Waals surface area contributed by atoms with E-state index in [4.69, 9.17) is 0 Å². The number of anilines is 3. The van der Waals surface area contributed by atoms with Crippen molar-refractivity contribution in [1.82, 2.24) is 9.97 Å². The minimum Gasteiger partial charge on any atom is -0.370 e. The Morgan fingerprint density at radius 3 is 2.58 bits per heavy atom. The van der Waals surface area contributed by atoms with Crippen molar-refractivity contribution in [1.29, 1.82) is 0 Å². The third-order valence-electron chi connectivity index (χ3n) is 2.51. The Bertz CT molecular complexity index is 540. The minimum atomic E-state index is 0.612. The fourth-order valence-corrected chi connectivity index (χ4v) is 1.89. The SMILES string of the molecule is CCCNc1cc(C)nc(Nc2ccc(Br)cc2)n1. The highest BCUT2D eigenvalue weighted by atomic mass is 79.9. The molecule has 100 valence electrons. The van der Waals surface area contributed by atoms with Gasteiger partial charge in [0.25, 0.3) is 0 Å². The number of aryl methyl sites for hydroxylation is 1. The number of halogens is 1. The van der Waals surface area contributed by atoms with Gasteiger partial charge in [0, 0.05) is 28.5 Å². The van der Waals surface area contributed by atoms with Gasteiger partial charge in [0.1, 0.15) is 5.82 Å². The first-order chi connectivity index (χ1) is 9.17. The predicted octanol–water partition coefficient (Wildman–Crippen LogP) is 4.11. The fourth-order valence-electron chi connectivity index (χ4n) is 1.63. The Kier molecular flexibility index (Phi) is 4.74. The standard InChI is InChI=1S/C14H17BrN4/c1-3-8-16-13-9-10(2)17-14(19-13)18-12-6-4-11(15)5-7-12/h4-7,9H,3,8H2,1-2H3,(H2,16,17,18,19). The number of nitrogens with one attached hydrogen (secondary N) is 2. The van der Waals surface area contributed by atoms with Crippen LogP contribution in [0.2, 0.25) is 0 Å². The van der Waals surface area contributed by atoms with Crippen molar-refractivity contribution in [3.05, 3.63) is 40.5 Å². The highest BCUT2D eigenvalue weighted by molar-refractivity contribution is 9.10. The van der Waals surface area contributed by atoms with E-state index in [9.17, 15) is 0 Å². The number of rotatable bonds is 5. The van der Waals surface area contributed by atoms with E-state index in [1.54, 1.807) is 0 Å². The molecule has 0 atom stereocenters. The summed E-state index contributed by atoms with van der Waals surface area (Å²) in [7, 11) is 0. The Balaban J connectivity index is 2.15. The average Bonchev–Trinajstić information content (AvgIpc) is 2.38. The molecule has 0 spiro atoms. The fraction of sp³-hybridized carbons (Fsp3) is 0.286. The first kappa shape index (κ1) is 13.8. The summed E-state index contributed by atoms with van der Waals surface area (Å²) in [4.78, 5) is 8.83. The topological polar surface area (TPSA) is 49.8 Å². The monoisotopic (exact) mass is 320 g/mol. The molecular formula is C14H17BrN4. The molecule has 19 heavy (non-hydrogen) atoms. The lowest BCUT2D eigenvalue weighted by Crippen LogP contribution is -2.06.